The topological polar surface area (TPSA) is 85.0 Å². The van der Waals surface area contributed by atoms with Gasteiger partial charge in [-0.3, -0.25) is 9.78 Å². The first kappa shape index (κ1) is 7.62. The van der Waals surface area contributed by atoms with Gasteiger partial charge in [-0.05, 0) is 0 Å². The number of aromatic nitrogens is 4. The van der Waals surface area contributed by atoms with Gasteiger partial charge in [0.15, 0.2) is 0 Å². The van der Waals surface area contributed by atoms with Gasteiger partial charge in [0.05, 0.1) is 0 Å². The molecule has 2 N–H and O–H groups in total. The first-order valence-electron chi connectivity index (χ1n) is 3.45. The van der Waals surface area contributed by atoms with Crippen molar-refractivity contribution in [2.24, 2.45) is 0 Å². The van der Waals surface area contributed by atoms with Gasteiger partial charge in [0, 0.05) is 29.8 Å². The van der Waals surface area contributed by atoms with Crippen molar-refractivity contribution in [3.8, 4) is 12.0 Å². The van der Waals surface area contributed by atoms with Gasteiger partial charge in [-0.25, -0.2) is 9.97 Å². The van der Waals surface area contributed by atoms with Crippen molar-refractivity contribution in [3.05, 3.63) is 24.8 Å². The number of H-pyrrole nitrogens is 2. The molecule has 0 radical (unpaired) electrons. The summed E-state index contributed by atoms with van der Waals surface area (Å²) in [7, 11) is 0. The molecule has 0 atom stereocenters. The van der Waals surface area contributed by atoms with E-state index in [0.717, 1.165) is 0 Å². The summed E-state index contributed by atoms with van der Waals surface area (Å²) in [6.45, 7) is 0. The Morgan fingerprint density at radius 2 is 1.46 bits per heavy atom. The molecule has 0 aliphatic rings. The zero-order valence-corrected chi connectivity index (χ0v) is 6.43. The fourth-order valence-electron chi connectivity index (χ4n) is 0.674. The predicted molar refractivity (Wildman–Crippen MR) is 39.5 cm³/mol. The van der Waals surface area contributed by atoms with E-state index in [1.165, 1.54) is 12.4 Å². The number of aromatic amines is 2. The number of imidazole rings is 2. The number of hydrogen-bond donors (Lipinski definition) is 2. The third-order valence-corrected chi connectivity index (χ3v) is 1.17. The van der Waals surface area contributed by atoms with Crippen molar-refractivity contribution in [2.75, 3.05) is 0 Å². The van der Waals surface area contributed by atoms with Crippen LogP contribution in [0.3, 0.4) is 0 Å². The van der Waals surface area contributed by atoms with Gasteiger partial charge in [0.1, 0.15) is 0 Å². The number of nitrogens with zero attached hydrogens (tertiary/aromatic N) is 2. The lowest BCUT2D eigenvalue weighted by Crippen LogP contribution is -2.03. The van der Waals surface area contributed by atoms with Gasteiger partial charge in [-0.15, -0.1) is 0 Å². The summed E-state index contributed by atoms with van der Waals surface area (Å²) in [5.74, 6) is 0. The zero-order chi connectivity index (χ0) is 8.93. The molecule has 0 unspecified atom stereocenters. The molecule has 0 bridgehead atoms. The van der Waals surface area contributed by atoms with Crippen LogP contribution in [0.25, 0.3) is 0 Å². The SMILES string of the molecule is c1c[nH]c(OOOc2ncc[nH]2)n1. The van der Waals surface area contributed by atoms with Gasteiger partial charge in [0.25, 0.3) is 0 Å². The largest absolute Gasteiger partial charge is 0.335 e. The van der Waals surface area contributed by atoms with Crippen molar-refractivity contribution in [2.45, 2.75) is 0 Å². The van der Waals surface area contributed by atoms with Gasteiger partial charge < -0.3 is 9.97 Å². The molecule has 13 heavy (non-hydrogen) atoms. The van der Waals surface area contributed by atoms with Gasteiger partial charge in [-0.1, -0.05) is 0 Å². The molecule has 7 heteroatoms. The number of rotatable bonds is 4. The van der Waals surface area contributed by atoms with E-state index in [1.807, 2.05) is 0 Å². The Kier molecular flexibility index (Phi) is 2.10. The molecule has 0 spiro atoms. The molecule has 0 amide bonds. The maximum absolute atomic E-state index is 4.57. The van der Waals surface area contributed by atoms with Crippen molar-refractivity contribution < 1.29 is 14.8 Å². The minimum atomic E-state index is 0.201. The minimum absolute atomic E-state index is 0.201. The smallest absolute Gasteiger partial charge is 0.312 e. The first-order chi connectivity index (χ1) is 6.45. The molecule has 0 aromatic carbocycles. The second-order valence-electron chi connectivity index (χ2n) is 2.02. The lowest BCUT2D eigenvalue weighted by atomic mass is 11.0. The highest BCUT2D eigenvalue weighted by molar-refractivity contribution is 4.91. The Bertz CT molecular complexity index is 296. The average Bonchev–Trinajstić information content (AvgIpc) is 2.75. The molecular formula is C6H6N4O3. The molecule has 2 aromatic rings. The minimum Gasteiger partial charge on any atom is -0.312 e. The summed E-state index contributed by atoms with van der Waals surface area (Å²) in [4.78, 5) is 21.9. The highest BCUT2D eigenvalue weighted by Gasteiger charge is 1.99. The van der Waals surface area contributed by atoms with Crippen LogP contribution < -0.4 is 9.78 Å². The Morgan fingerprint density at radius 3 is 1.85 bits per heavy atom. The van der Waals surface area contributed by atoms with Crippen LogP contribution in [0.4, 0.5) is 0 Å². The van der Waals surface area contributed by atoms with Crippen molar-refractivity contribution >= 4 is 0 Å². The van der Waals surface area contributed by atoms with E-state index < -0.39 is 0 Å². The second-order valence-corrected chi connectivity index (χ2v) is 2.02. The lowest BCUT2D eigenvalue weighted by molar-refractivity contribution is -0.417. The van der Waals surface area contributed by atoms with E-state index in [2.05, 4.69) is 34.7 Å². The molecule has 68 valence electrons. The summed E-state index contributed by atoms with van der Waals surface area (Å²) in [6, 6.07) is 0.401. The van der Waals surface area contributed by atoms with E-state index in [9.17, 15) is 0 Å². The third-order valence-electron chi connectivity index (χ3n) is 1.17. The van der Waals surface area contributed by atoms with Crippen LogP contribution >= 0.6 is 0 Å². The van der Waals surface area contributed by atoms with Crippen LogP contribution in [-0.4, -0.2) is 19.9 Å². The Labute approximate surface area is 72.5 Å². The van der Waals surface area contributed by atoms with E-state index in [4.69, 9.17) is 0 Å². The van der Waals surface area contributed by atoms with Crippen LogP contribution in [0.5, 0.6) is 12.0 Å². The van der Waals surface area contributed by atoms with E-state index in [0.29, 0.717) is 0 Å². The first-order valence-corrected chi connectivity index (χ1v) is 3.45. The molecular weight excluding hydrogens is 176 g/mol. The Morgan fingerprint density at radius 1 is 0.923 bits per heavy atom. The van der Waals surface area contributed by atoms with Gasteiger partial charge in [-0.2, -0.15) is 0 Å². The van der Waals surface area contributed by atoms with Gasteiger partial charge in [0.2, 0.25) is 0 Å². The standard InChI is InChI=1S/C6H6N4O3/c1-2-8-5(7-1)11-13-12-6-9-3-4-10-6/h1-4H,(H,7,8)(H,9,10). The van der Waals surface area contributed by atoms with E-state index >= 15 is 0 Å². The summed E-state index contributed by atoms with van der Waals surface area (Å²) in [5, 5.41) is 4.33. The summed E-state index contributed by atoms with van der Waals surface area (Å²) in [6.07, 6.45) is 6.22. The maximum Gasteiger partial charge on any atom is 0.335 e. The molecule has 2 aromatic heterocycles. The fourth-order valence-corrected chi connectivity index (χ4v) is 0.674. The number of hydrogen-bond acceptors (Lipinski definition) is 5. The highest BCUT2D eigenvalue weighted by atomic mass is 17.5. The Balaban J connectivity index is 1.76. The molecule has 0 saturated heterocycles. The third kappa shape index (κ3) is 1.97. The van der Waals surface area contributed by atoms with Crippen molar-refractivity contribution in [1.29, 1.82) is 0 Å². The molecule has 2 heterocycles. The van der Waals surface area contributed by atoms with Crippen LogP contribution in [-0.2, 0) is 5.04 Å². The molecule has 0 fully saturated rings. The Hall–Kier alpha value is -2.02. The monoisotopic (exact) mass is 182 g/mol. The van der Waals surface area contributed by atoms with E-state index in [-0.39, 0.29) is 12.0 Å². The number of nitrogens with one attached hydrogen (secondary N) is 2. The summed E-state index contributed by atoms with van der Waals surface area (Å²) in [5.41, 5.74) is 0. The van der Waals surface area contributed by atoms with Crippen LogP contribution in [0.1, 0.15) is 0 Å². The molecule has 2 rings (SSSR count). The normalized spacial score (nSPS) is 9.85. The quantitative estimate of drug-likeness (QED) is 0.529. The van der Waals surface area contributed by atoms with E-state index in [1.54, 1.807) is 12.4 Å². The summed E-state index contributed by atoms with van der Waals surface area (Å²) < 4.78 is 0. The highest BCUT2D eigenvalue weighted by Crippen LogP contribution is 2.02. The van der Waals surface area contributed by atoms with Gasteiger partial charge >= 0.3 is 12.0 Å². The molecule has 0 aliphatic carbocycles. The lowest BCUT2D eigenvalue weighted by Gasteiger charge is -1.97. The van der Waals surface area contributed by atoms with Crippen molar-refractivity contribution in [3.63, 3.8) is 0 Å². The fraction of sp³-hybridized carbons (Fsp3) is 0. The van der Waals surface area contributed by atoms with Crippen LogP contribution in [0.2, 0.25) is 0 Å². The average molecular weight is 182 g/mol. The summed E-state index contributed by atoms with van der Waals surface area (Å²) >= 11 is 0. The van der Waals surface area contributed by atoms with Crippen molar-refractivity contribution in [1.82, 2.24) is 19.9 Å². The van der Waals surface area contributed by atoms with Crippen LogP contribution in [0.15, 0.2) is 24.8 Å². The predicted octanol–water partition coefficient (Wildman–Crippen LogP) is 0.437. The van der Waals surface area contributed by atoms with Crippen LogP contribution in [0, 0.1) is 0 Å². The maximum atomic E-state index is 4.57. The molecule has 0 saturated carbocycles. The zero-order valence-electron chi connectivity index (χ0n) is 6.43. The molecule has 7 nitrogen and oxygen atoms in total. The second kappa shape index (κ2) is 3.59. The molecule has 0 aliphatic heterocycles.